The van der Waals surface area contributed by atoms with Crippen LogP contribution in [-0.2, 0) is 14.0 Å². The van der Waals surface area contributed by atoms with Gasteiger partial charge in [0.05, 0.1) is 6.04 Å². The molecule has 1 saturated heterocycles. The highest BCUT2D eigenvalue weighted by atomic mass is 35.7. The van der Waals surface area contributed by atoms with Gasteiger partial charge in [0.25, 0.3) is 0 Å². The molecule has 0 spiro atoms. The van der Waals surface area contributed by atoms with E-state index in [9.17, 15) is 13.2 Å². The number of amides is 1. The van der Waals surface area contributed by atoms with Crippen molar-refractivity contribution in [1.82, 2.24) is 4.31 Å². The fourth-order valence-electron chi connectivity index (χ4n) is 2.80. The number of hydrogen-bond acceptors (Lipinski definition) is 3. The zero-order valence-corrected chi connectivity index (χ0v) is 8.70. The largest absolute Gasteiger partial charge is 0.324 e. The lowest BCUT2D eigenvalue weighted by Crippen LogP contribution is -2.40. The van der Waals surface area contributed by atoms with Gasteiger partial charge in [-0.1, -0.05) is 12.2 Å². The summed E-state index contributed by atoms with van der Waals surface area (Å²) in [4.78, 5) is 11.6. The van der Waals surface area contributed by atoms with Gasteiger partial charge in [0.1, 0.15) is 0 Å². The van der Waals surface area contributed by atoms with Gasteiger partial charge in [-0.25, -0.2) is 4.31 Å². The van der Waals surface area contributed by atoms with E-state index in [1.807, 2.05) is 6.08 Å². The van der Waals surface area contributed by atoms with Crippen LogP contribution in [0.3, 0.4) is 0 Å². The minimum Gasteiger partial charge on any atom is -0.273 e. The predicted molar refractivity (Wildman–Crippen MR) is 49.6 cm³/mol. The van der Waals surface area contributed by atoms with Gasteiger partial charge in [-0.2, -0.15) is 8.42 Å². The van der Waals surface area contributed by atoms with Gasteiger partial charge < -0.3 is 0 Å². The number of carbonyl (C=O) groups is 1. The number of nitrogens with zero attached hydrogens (tertiary/aromatic N) is 1. The molecular formula is C8H8ClNO3S. The van der Waals surface area contributed by atoms with Crippen molar-refractivity contribution in [1.29, 1.82) is 0 Å². The van der Waals surface area contributed by atoms with Crippen LogP contribution in [0.5, 0.6) is 0 Å². The van der Waals surface area contributed by atoms with Crippen molar-refractivity contribution in [2.45, 2.75) is 12.5 Å². The Morgan fingerprint density at radius 1 is 1.50 bits per heavy atom. The first-order valence-electron chi connectivity index (χ1n) is 4.46. The molecule has 0 aromatic heterocycles. The highest BCUT2D eigenvalue weighted by molar-refractivity contribution is 8.12. The van der Waals surface area contributed by atoms with Crippen molar-refractivity contribution < 1.29 is 13.2 Å². The van der Waals surface area contributed by atoms with Crippen LogP contribution in [-0.4, -0.2) is 24.7 Å². The van der Waals surface area contributed by atoms with Crippen LogP contribution in [0, 0.1) is 17.8 Å². The molecule has 2 unspecified atom stereocenters. The van der Waals surface area contributed by atoms with Crippen molar-refractivity contribution >= 4 is 25.8 Å². The van der Waals surface area contributed by atoms with E-state index in [1.54, 1.807) is 6.08 Å². The Morgan fingerprint density at radius 2 is 2.21 bits per heavy atom. The minimum absolute atomic E-state index is 0.0940. The average Bonchev–Trinajstić information content (AvgIpc) is 2.66. The first kappa shape index (κ1) is 8.73. The van der Waals surface area contributed by atoms with E-state index in [2.05, 4.69) is 0 Å². The van der Waals surface area contributed by atoms with E-state index in [0.717, 1.165) is 10.7 Å². The molecule has 3 rings (SSSR count). The number of allylic oxidation sites excluding steroid dienone is 1. The number of carbonyl (C=O) groups excluding carboxylic acids is 1. The zero-order valence-electron chi connectivity index (χ0n) is 7.13. The Morgan fingerprint density at radius 3 is 2.86 bits per heavy atom. The maximum absolute atomic E-state index is 11.6. The van der Waals surface area contributed by atoms with Gasteiger partial charge in [0.15, 0.2) is 0 Å². The maximum atomic E-state index is 11.6. The first-order chi connectivity index (χ1) is 6.52. The van der Waals surface area contributed by atoms with Gasteiger partial charge in [-0.3, -0.25) is 4.79 Å². The summed E-state index contributed by atoms with van der Waals surface area (Å²) in [6.07, 6.45) is 4.62. The fraction of sp³-hybridized carbons (Fsp3) is 0.625. The monoisotopic (exact) mass is 233 g/mol. The van der Waals surface area contributed by atoms with Gasteiger partial charge >= 0.3 is 9.24 Å². The lowest BCUT2D eigenvalue weighted by molar-refractivity contribution is -0.126. The second-order valence-electron chi connectivity index (χ2n) is 4.00. The number of halogens is 1. The lowest BCUT2D eigenvalue weighted by atomic mass is 10.0. The molecule has 0 aromatic carbocycles. The van der Waals surface area contributed by atoms with Crippen LogP contribution in [0.4, 0.5) is 0 Å². The molecule has 3 aliphatic rings. The van der Waals surface area contributed by atoms with E-state index in [-0.39, 0.29) is 23.8 Å². The number of piperidine rings is 1. The topological polar surface area (TPSA) is 54.5 Å². The SMILES string of the molecule is O=C1C2C3CC=C[C@H]([C@H]32)N1S(=O)(=O)Cl. The van der Waals surface area contributed by atoms with Gasteiger partial charge in [0, 0.05) is 16.6 Å². The molecule has 1 heterocycles. The van der Waals surface area contributed by atoms with Crippen molar-refractivity contribution in [3.05, 3.63) is 12.2 Å². The van der Waals surface area contributed by atoms with E-state index in [0.29, 0.717) is 5.92 Å². The quantitative estimate of drug-likeness (QED) is 0.490. The molecule has 4 atom stereocenters. The molecule has 0 radical (unpaired) electrons. The normalized spacial score (nSPS) is 44.1. The van der Waals surface area contributed by atoms with E-state index >= 15 is 0 Å². The Labute approximate surface area is 86.1 Å². The predicted octanol–water partition coefficient (Wildman–Crippen LogP) is 0.503. The summed E-state index contributed by atoms with van der Waals surface area (Å²) in [5.41, 5.74) is 0. The number of rotatable bonds is 1. The summed E-state index contributed by atoms with van der Waals surface area (Å²) in [7, 11) is 1.31. The van der Waals surface area contributed by atoms with Crippen molar-refractivity contribution in [3.8, 4) is 0 Å². The van der Waals surface area contributed by atoms with Crippen LogP contribution in [0.25, 0.3) is 0 Å². The first-order valence-corrected chi connectivity index (χ1v) is 6.73. The smallest absolute Gasteiger partial charge is 0.273 e. The standard InChI is InChI=1S/C8H8ClNO3S/c9-14(12,13)10-5-3-1-2-4-6(5)7(4)8(10)11/h1,3-7H,2H2/t4?,5-,6+,7?/m1/s1. The Bertz CT molecular complexity index is 444. The molecule has 0 N–H and O–H groups in total. The molecule has 76 valence electrons. The molecule has 1 aliphatic heterocycles. The second kappa shape index (κ2) is 2.33. The molecule has 6 heteroatoms. The van der Waals surface area contributed by atoms with Crippen molar-refractivity contribution in [2.24, 2.45) is 17.8 Å². The highest BCUT2D eigenvalue weighted by Crippen LogP contribution is 2.60. The van der Waals surface area contributed by atoms with Crippen LogP contribution in [0.2, 0.25) is 0 Å². The zero-order chi connectivity index (χ0) is 10.1. The molecule has 4 nitrogen and oxygen atoms in total. The number of hydrogen-bond donors (Lipinski definition) is 0. The lowest BCUT2D eigenvalue weighted by Gasteiger charge is -2.25. The van der Waals surface area contributed by atoms with Crippen LogP contribution in [0.15, 0.2) is 12.2 Å². The summed E-state index contributed by atoms with van der Waals surface area (Å²) in [5.74, 6) is 0.154. The van der Waals surface area contributed by atoms with E-state index in [4.69, 9.17) is 10.7 Å². The Kier molecular flexibility index (Phi) is 1.46. The Hall–Kier alpha value is -0.550. The molecule has 2 aliphatic carbocycles. The van der Waals surface area contributed by atoms with Gasteiger partial charge in [-0.05, 0) is 18.3 Å². The molecule has 1 amide bonds. The third-order valence-corrected chi connectivity index (χ3v) is 4.71. The summed E-state index contributed by atoms with van der Waals surface area (Å²) < 4.78 is 23.1. The summed E-state index contributed by atoms with van der Waals surface area (Å²) >= 11 is 0. The number of fused-ring (bicyclic) bond motifs is 1. The molecule has 0 aromatic rings. The maximum Gasteiger partial charge on any atom is 0.324 e. The molecular weight excluding hydrogens is 226 g/mol. The molecule has 1 saturated carbocycles. The molecule has 2 fully saturated rings. The van der Waals surface area contributed by atoms with Crippen molar-refractivity contribution in [2.75, 3.05) is 0 Å². The minimum atomic E-state index is -3.90. The van der Waals surface area contributed by atoms with Crippen molar-refractivity contribution in [3.63, 3.8) is 0 Å². The third kappa shape index (κ3) is 0.892. The fourth-order valence-corrected chi connectivity index (χ4v) is 4.12. The van der Waals surface area contributed by atoms with Crippen LogP contribution < -0.4 is 0 Å². The van der Waals surface area contributed by atoms with Crippen LogP contribution in [0.1, 0.15) is 6.42 Å². The van der Waals surface area contributed by atoms with E-state index < -0.39 is 9.24 Å². The van der Waals surface area contributed by atoms with Gasteiger partial charge in [0.2, 0.25) is 5.91 Å². The third-order valence-electron chi connectivity index (χ3n) is 3.37. The summed E-state index contributed by atoms with van der Waals surface area (Å²) in [5, 5.41) is 0. The van der Waals surface area contributed by atoms with Gasteiger partial charge in [-0.15, -0.1) is 0 Å². The summed E-state index contributed by atoms with van der Waals surface area (Å²) in [6.45, 7) is 0. The van der Waals surface area contributed by atoms with E-state index in [1.165, 1.54) is 0 Å². The highest BCUT2D eigenvalue weighted by Gasteiger charge is 2.68. The molecule has 0 bridgehead atoms. The second-order valence-corrected chi connectivity index (χ2v) is 6.39. The molecule has 14 heavy (non-hydrogen) atoms. The Balaban J connectivity index is 2.06. The summed E-state index contributed by atoms with van der Waals surface area (Å²) in [6, 6.07) is -0.311. The van der Waals surface area contributed by atoms with Crippen LogP contribution >= 0.6 is 10.7 Å². The average molecular weight is 234 g/mol.